The average molecular weight is 258 g/mol. The molecule has 5 atom stereocenters. The maximum atomic E-state index is 9.53. The van der Waals surface area contributed by atoms with Gasteiger partial charge in [-0.2, -0.15) is 12.6 Å². The summed E-state index contributed by atoms with van der Waals surface area (Å²) in [7, 11) is 0. The highest BCUT2D eigenvalue weighted by molar-refractivity contribution is 8.10. The van der Waals surface area contributed by atoms with E-state index in [9.17, 15) is 15.3 Å². The van der Waals surface area contributed by atoms with Crippen molar-refractivity contribution in [1.82, 2.24) is 0 Å². The summed E-state index contributed by atoms with van der Waals surface area (Å²) < 4.78 is -0.550. The SMILES string of the molecule is CCSC(S)[C@H](O)[C@@H](O)[C@H](O)[C@H](O)CO. The highest BCUT2D eigenvalue weighted by Crippen LogP contribution is 2.22. The van der Waals surface area contributed by atoms with E-state index in [0.29, 0.717) is 5.75 Å². The van der Waals surface area contributed by atoms with Crippen LogP contribution in [-0.2, 0) is 0 Å². The van der Waals surface area contributed by atoms with Crippen LogP contribution < -0.4 is 0 Å². The fourth-order valence-corrected chi connectivity index (χ4v) is 2.30. The van der Waals surface area contributed by atoms with Crippen molar-refractivity contribution < 1.29 is 25.5 Å². The Morgan fingerprint density at radius 1 is 1.07 bits per heavy atom. The first-order valence-electron chi connectivity index (χ1n) is 4.58. The first-order chi connectivity index (χ1) is 6.95. The standard InChI is InChI=1S/C8H18O5S2/c1-2-15-8(14)7(13)6(12)5(11)4(10)3-9/h4-14H,2-3H2,1H3/t4-,5-,6+,7-,8?/m1/s1. The van der Waals surface area contributed by atoms with Crippen molar-refractivity contribution >= 4 is 24.4 Å². The van der Waals surface area contributed by atoms with Crippen LogP contribution in [0.2, 0.25) is 0 Å². The average Bonchev–Trinajstić information content (AvgIpc) is 2.25. The van der Waals surface area contributed by atoms with Gasteiger partial charge in [0.2, 0.25) is 0 Å². The predicted octanol–water partition coefficient (Wildman–Crippen LogP) is -1.57. The Morgan fingerprint density at radius 3 is 2.00 bits per heavy atom. The molecule has 0 radical (unpaired) electrons. The minimum absolute atomic E-state index is 0.550. The minimum Gasteiger partial charge on any atom is -0.394 e. The van der Waals surface area contributed by atoms with E-state index in [4.69, 9.17) is 10.2 Å². The molecule has 0 aromatic rings. The molecule has 0 aromatic carbocycles. The Bertz CT molecular complexity index is 171. The number of thiol groups is 1. The molecule has 0 aromatic heterocycles. The minimum atomic E-state index is -1.59. The number of hydrogen-bond acceptors (Lipinski definition) is 7. The van der Waals surface area contributed by atoms with Gasteiger partial charge in [-0.3, -0.25) is 0 Å². The third-order valence-corrected chi connectivity index (χ3v) is 3.62. The molecule has 0 aliphatic carbocycles. The first-order valence-corrected chi connectivity index (χ1v) is 6.15. The topological polar surface area (TPSA) is 101 Å². The fraction of sp³-hybridized carbons (Fsp3) is 1.00. The molecular formula is C8H18O5S2. The number of aliphatic hydroxyl groups excluding tert-OH is 5. The zero-order valence-electron chi connectivity index (χ0n) is 8.39. The molecule has 5 nitrogen and oxygen atoms in total. The molecule has 92 valence electrons. The van der Waals surface area contributed by atoms with Crippen molar-refractivity contribution in [3.05, 3.63) is 0 Å². The lowest BCUT2D eigenvalue weighted by molar-refractivity contribution is -0.111. The molecule has 15 heavy (non-hydrogen) atoms. The van der Waals surface area contributed by atoms with Gasteiger partial charge in [-0.1, -0.05) is 6.92 Å². The second kappa shape index (κ2) is 7.72. The maximum absolute atomic E-state index is 9.53. The van der Waals surface area contributed by atoms with Gasteiger partial charge in [-0.05, 0) is 5.75 Å². The molecule has 0 fully saturated rings. The van der Waals surface area contributed by atoms with Crippen molar-refractivity contribution in [1.29, 1.82) is 0 Å². The van der Waals surface area contributed by atoms with Crippen LogP contribution in [0.1, 0.15) is 6.92 Å². The van der Waals surface area contributed by atoms with Gasteiger partial charge in [0.1, 0.15) is 24.4 Å². The highest BCUT2D eigenvalue weighted by atomic mass is 32.2. The largest absolute Gasteiger partial charge is 0.394 e. The van der Waals surface area contributed by atoms with E-state index in [1.54, 1.807) is 0 Å². The summed E-state index contributed by atoms with van der Waals surface area (Å²) >= 11 is 5.34. The van der Waals surface area contributed by atoms with Crippen LogP contribution in [0.25, 0.3) is 0 Å². The Balaban J connectivity index is 4.22. The summed E-state index contributed by atoms with van der Waals surface area (Å²) in [6, 6.07) is 0. The zero-order chi connectivity index (χ0) is 12.0. The zero-order valence-corrected chi connectivity index (χ0v) is 10.1. The van der Waals surface area contributed by atoms with Gasteiger partial charge in [0.25, 0.3) is 0 Å². The van der Waals surface area contributed by atoms with Gasteiger partial charge in [-0.25, -0.2) is 0 Å². The lowest BCUT2D eigenvalue weighted by atomic mass is 10.0. The van der Waals surface area contributed by atoms with E-state index in [2.05, 4.69) is 12.6 Å². The van der Waals surface area contributed by atoms with Gasteiger partial charge in [0, 0.05) is 0 Å². The Morgan fingerprint density at radius 2 is 1.60 bits per heavy atom. The van der Waals surface area contributed by atoms with Crippen molar-refractivity contribution in [2.75, 3.05) is 12.4 Å². The lowest BCUT2D eigenvalue weighted by Gasteiger charge is -2.28. The van der Waals surface area contributed by atoms with Crippen molar-refractivity contribution in [3.8, 4) is 0 Å². The van der Waals surface area contributed by atoms with E-state index in [0.717, 1.165) is 0 Å². The number of thioether (sulfide) groups is 1. The molecule has 0 aliphatic heterocycles. The normalized spacial score (nSPS) is 21.8. The maximum Gasteiger partial charge on any atom is 0.111 e. The second-order valence-electron chi connectivity index (χ2n) is 3.07. The second-order valence-corrected chi connectivity index (χ2v) is 5.39. The van der Waals surface area contributed by atoms with E-state index in [1.807, 2.05) is 6.92 Å². The molecule has 0 rings (SSSR count). The van der Waals surface area contributed by atoms with Crippen LogP contribution >= 0.6 is 24.4 Å². The predicted molar refractivity (Wildman–Crippen MR) is 62.0 cm³/mol. The molecule has 0 saturated carbocycles. The van der Waals surface area contributed by atoms with Crippen molar-refractivity contribution in [2.24, 2.45) is 0 Å². The number of aliphatic hydroxyl groups is 5. The van der Waals surface area contributed by atoms with Crippen LogP contribution in [0.3, 0.4) is 0 Å². The molecular weight excluding hydrogens is 240 g/mol. The number of hydrogen-bond donors (Lipinski definition) is 6. The highest BCUT2D eigenvalue weighted by Gasteiger charge is 2.33. The van der Waals surface area contributed by atoms with Crippen LogP contribution in [0, 0.1) is 0 Å². The number of rotatable bonds is 7. The van der Waals surface area contributed by atoms with Gasteiger partial charge in [-0.15, -0.1) is 11.8 Å². The molecule has 7 heteroatoms. The Labute approximate surface area is 98.5 Å². The van der Waals surface area contributed by atoms with Gasteiger partial charge >= 0.3 is 0 Å². The van der Waals surface area contributed by atoms with Crippen molar-refractivity contribution in [2.45, 2.75) is 35.9 Å². The van der Waals surface area contributed by atoms with E-state index in [-0.39, 0.29) is 0 Å². The van der Waals surface area contributed by atoms with E-state index >= 15 is 0 Å². The van der Waals surface area contributed by atoms with Crippen LogP contribution in [0.5, 0.6) is 0 Å². The van der Waals surface area contributed by atoms with Gasteiger partial charge in [0.05, 0.1) is 11.2 Å². The monoisotopic (exact) mass is 258 g/mol. The molecule has 0 heterocycles. The van der Waals surface area contributed by atoms with Crippen LogP contribution in [-0.4, -0.2) is 66.9 Å². The first kappa shape index (κ1) is 15.5. The summed E-state index contributed by atoms with van der Waals surface area (Å²) in [4.78, 5) is 0. The summed E-state index contributed by atoms with van der Waals surface area (Å²) in [5.74, 6) is 0.705. The molecule has 0 spiro atoms. The fourth-order valence-electron chi connectivity index (χ4n) is 0.976. The molecule has 0 amide bonds. The van der Waals surface area contributed by atoms with E-state index in [1.165, 1.54) is 11.8 Å². The quantitative estimate of drug-likeness (QED) is 0.244. The summed E-state index contributed by atoms with van der Waals surface area (Å²) in [5.41, 5.74) is 0. The smallest absolute Gasteiger partial charge is 0.111 e. The summed E-state index contributed by atoms with van der Waals surface area (Å²) in [6.45, 7) is 1.19. The summed E-state index contributed by atoms with van der Waals surface area (Å²) in [6.07, 6.45) is -5.86. The van der Waals surface area contributed by atoms with Crippen LogP contribution in [0.15, 0.2) is 0 Å². The van der Waals surface area contributed by atoms with E-state index < -0.39 is 35.6 Å². The summed E-state index contributed by atoms with van der Waals surface area (Å²) in [5, 5.41) is 45.9. The molecule has 0 bridgehead atoms. The van der Waals surface area contributed by atoms with Crippen molar-refractivity contribution in [3.63, 3.8) is 0 Å². The van der Waals surface area contributed by atoms with Gasteiger partial charge in [0.15, 0.2) is 0 Å². The molecule has 1 unspecified atom stereocenters. The van der Waals surface area contributed by atoms with Crippen LogP contribution in [0.4, 0.5) is 0 Å². The van der Waals surface area contributed by atoms with Gasteiger partial charge < -0.3 is 25.5 Å². The molecule has 0 saturated heterocycles. The molecule has 0 aliphatic rings. The Kier molecular flexibility index (Phi) is 7.98. The lowest BCUT2D eigenvalue weighted by Crippen LogP contribution is -2.48. The third-order valence-electron chi connectivity index (χ3n) is 1.91. The third kappa shape index (κ3) is 4.90. The Hall–Kier alpha value is 0.500. The molecule has 5 N–H and O–H groups in total.